The van der Waals surface area contributed by atoms with Crippen LogP contribution in [0.15, 0.2) is 78.7 Å². The van der Waals surface area contributed by atoms with E-state index >= 15 is 0 Å². The first-order valence-corrected chi connectivity index (χ1v) is 9.38. The van der Waals surface area contributed by atoms with Gasteiger partial charge < -0.3 is 10.2 Å². The summed E-state index contributed by atoms with van der Waals surface area (Å²) >= 11 is 6.38. The van der Waals surface area contributed by atoms with Crippen molar-refractivity contribution in [3.05, 3.63) is 94.9 Å². The lowest BCUT2D eigenvalue weighted by Gasteiger charge is -2.21. The van der Waals surface area contributed by atoms with Gasteiger partial charge in [0.15, 0.2) is 0 Å². The molecule has 0 radical (unpaired) electrons. The summed E-state index contributed by atoms with van der Waals surface area (Å²) < 4.78 is 5.95. The number of nitrogens with one attached hydrogen (secondary N) is 1. The summed E-state index contributed by atoms with van der Waals surface area (Å²) in [6.45, 7) is 1.71. The summed E-state index contributed by atoms with van der Waals surface area (Å²) in [6.07, 6.45) is 9.38. The van der Waals surface area contributed by atoms with Crippen LogP contribution >= 0.6 is 11.6 Å². The molecule has 0 bridgehead atoms. The molecule has 4 rings (SSSR count). The van der Waals surface area contributed by atoms with Gasteiger partial charge in [-0.25, -0.2) is 0 Å². The molecule has 1 N–H and O–H groups in total. The number of nitrogens with zero attached hydrogens (tertiary/aromatic N) is 4. The highest BCUT2D eigenvalue weighted by Crippen LogP contribution is 2.29. The number of benzene rings is 1. The number of ether oxygens (including phenoxy) is 1. The number of allylic oxidation sites excluding steroid dienone is 1. The number of para-hydroxylation sites is 1. The number of hydrogen-bond donors (Lipinski definition) is 1. The zero-order valence-electron chi connectivity index (χ0n) is 15.3. The van der Waals surface area contributed by atoms with Crippen molar-refractivity contribution in [2.45, 2.75) is 13.0 Å². The summed E-state index contributed by atoms with van der Waals surface area (Å²) in [5.74, 6) is 0. The Morgan fingerprint density at radius 2 is 1.89 bits per heavy atom. The Balaban J connectivity index is 1.49. The van der Waals surface area contributed by atoms with Gasteiger partial charge in [-0.15, -0.1) is 0 Å². The number of anilines is 1. The zero-order chi connectivity index (χ0) is 19.2. The van der Waals surface area contributed by atoms with Crippen LogP contribution in [0.1, 0.15) is 11.3 Å². The van der Waals surface area contributed by atoms with Gasteiger partial charge >= 0.3 is 0 Å². The molecular formula is C21H20ClN5O. The van der Waals surface area contributed by atoms with Crippen molar-refractivity contribution in [1.29, 1.82) is 0 Å². The van der Waals surface area contributed by atoms with E-state index in [1.807, 2.05) is 47.6 Å². The minimum absolute atomic E-state index is 0.512. The molecule has 6 nitrogen and oxygen atoms in total. The third-order valence-corrected chi connectivity index (χ3v) is 4.75. The minimum Gasteiger partial charge on any atom is -0.372 e. The molecule has 0 saturated carbocycles. The molecule has 7 heteroatoms. The van der Waals surface area contributed by atoms with Crippen LogP contribution in [0.4, 0.5) is 5.69 Å². The standard InChI is InChI=1S/C21H20ClN5O/c22-19-5-1-2-6-21(19)27-13-17(15-28-14-16-4-3-7-23-11-16)20(26-27)10-18-12-24-8-9-25-18/h1-9,11-12,26H,10,13-15H2. The molecule has 3 heterocycles. The van der Waals surface area contributed by atoms with Crippen molar-refractivity contribution < 1.29 is 4.74 Å². The van der Waals surface area contributed by atoms with Gasteiger partial charge in [-0.3, -0.25) is 20.0 Å². The van der Waals surface area contributed by atoms with Crippen LogP contribution in [0.25, 0.3) is 0 Å². The lowest BCUT2D eigenvalue weighted by molar-refractivity contribution is 0.141. The Hall–Kier alpha value is -2.96. The van der Waals surface area contributed by atoms with E-state index in [4.69, 9.17) is 16.3 Å². The summed E-state index contributed by atoms with van der Waals surface area (Å²) in [6, 6.07) is 11.7. The highest BCUT2D eigenvalue weighted by atomic mass is 35.5. The molecule has 2 aromatic heterocycles. The predicted molar refractivity (Wildman–Crippen MR) is 109 cm³/mol. The molecule has 1 aromatic carbocycles. The number of hydrogen-bond acceptors (Lipinski definition) is 6. The molecule has 142 valence electrons. The van der Waals surface area contributed by atoms with E-state index in [2.05, 4.69) is 20.4 Å². The second kappa shape index (κ2) is 8.82. The molecule has 1 aliphatic heterocycles. The van der Waals surface area contributed by atoms with Crippen molar-refractivity contribution in [3.8, 4) is 0 Å². The second-order valence-corrected chi connectivity index (χ2v) is 6.87. The molecule has 0 atom stereocenters. The molecule has 0 aliphatic carbocycles. The van der Waals surface area contributed by atoms with E-state index in [1.54, 1.807) is 24.8 Å². The first-order chi connectivity index (χ1) is 13.8. The van der Waals surface area contributed by atoms with Gasteiger partial charge in [0, 0.05) is 43.1 Å². The van der Waals surface area contributed by atoms with Gasteiger partial charge in [0.2, 0.25) is 0 Å². The third-order valence-electron chi connectivity index (χ3n) is 4.43. The molecular weight excluding hydrogens is 374 g/mol. The van der Waals surface area contributed by atoms with Crippen LogP contribution in [0.3, 0.4) is 0 Å². The Kier molecular flexibility index (Phi) is 5.80. The van der Waals surface area contributed by atoms with Gasteiger partial charge in [-0.1, -0.05) is 29.8 Å². The van der Waals surface area contributed by atoms with E-state index < -0.39 is 0 Å². The third kappa shape index (κ3) is 4.47. The molecule has 0 fully saturated rings. The topological polar surface area (TPSA) is 63.2 Å². The van der Waals surface area contributed by atoms with Crippen LogP contribution < -0.4 is 10.4 Å². The van der Waals surface area contributed by atoms with E-state index in [0.717, 1.165) is 28.2 Å². The number of pyridine rings is 1. The largest absolute Gasteiger partial charge is 0.372 e. The Morgan fingerprint density at radius 1 is 1.00 bits per heavy atom. The van der Waals surface area contributed by atoms with Crippen molar-refractivity contribution in [3.63, 3.8) is 0 Å². The molecule has 0 spiro atoms. The fraction of sp³-hybridized carbons (Fsp3) is 0.190. The number of hydrazine groups is 1. The SMILES string of the molecule is Clc1ccccc1N1CC(COCc2cccnc2)=C(Cc2cnccn2)N1. The number of halogens is 1. The maximum atomic E-state index is 6.38. The fourth-order valence-electron chi connectivity index (χ4n) is 3.06. The zero-order valence-corrected chi connectivity index (χ0v) is 16.0. The fourth-order valence-corrected chi connectivity index (χ4v) is 3.30. The first-order valence-electron chi connectivity index (χ1n) is 9.01. The van der Waals surface area contributed by atoms with Crippen LogP contribution in [-0.4, -0.2) is 28.1 Å². The Morgan fingerprint density at radius 3 is 2.68 bits per heavy atom. The summed E-state index contributed by atoms with van der Waals surface area (Å²) in [4.78, 5) is 12.7. The van der Waals surface area contributed by atoms with E-state index in [-0.39, 0.29) is 0 Å². The quantitative estimate of drug-likeness (QED) is 0.662. The highest BCUT2D eigenvalue weighted by molar-refractivity contribution is 6.33. The summed E-state index contributed by atoms with van der Waals surface area (Å²) in [5, 5.41) is 2.74. The normalized spacial score (nSPS) is 13.7. The average molecular weight is 394 g/mol. The maximum absolute atomic E-state index is 6.38. The van der Waals surface area contributed by atoms with Crippen molar-refractivity contribution >= 4 is 17.3 Å². The number of aromatic nitrogens is 3. The van der Waals surface area contributed by atoms with Gasteiger partial charge in [-0.2, -0.15) is 0 Å². The first kappa shape index (κ1) is 18.4. The lowest BCUT2D eigenvalue weighted by atomic mass is 10.1. The molecule has 0 saturated heterocycles. The van der Waals surface area contributed by atoms with Crippen LogP contribution in [0, 0.1) is 0 Å². The van der Waals surface area contributed by atoms with Crippen LogP contribution in [0.5, 0.6) is 0 Å². The second-order valence-electron chi connectivity index (χ2n) is 6.46. The van der Waals surface area contributed by atoms with E-state index in [9.17, 15) is 0 Å². The molecule has 28 heavy (non-hydrogen) atoms. The van der Waals surface area contributed by atoms with E-state index in [1.165, 1.54) is 0 Å². The Bertz CT molecular complexity index is 949. The monoisotopic (exact) mass is 393 g/mol. The van der Waals surface area contributed by atoms with Gasteiger partial charge in [0.25, 0.3) is 0 Å². The smallest absolute Gasteiger partial charge is 0.0761 e. The maximum Gasteiger partial charge on any atom is 0.0761 e. The minimum atomic E-state index is 0.512. The Labute approximate surface area is 168 Å². The predicted octanol–water partition coefficient (Wildman–Crippen LogP) is 3.56. The molecule has 1 aliphatic rings. The number of rotatable bonds is 7. The van der Waals surface area contributed by atoms with Crippen molar-refractivity contribution in [2.75, 3.05) is 18.2 Å². The molecule has 0 unspecified atom stereocenters. The lowest BCUT2D eigenvalue weighted by Crippen LogP contribution is -2.32. The van der Waals surface area contributed by atoms with Gasteiger partial charge in [0.1, 0.15) is 0 Å². The van der Waals surface area contributed by atoms with Crippen LogP contribution in [-0.2, 0) is 17.8 Å². The van der Waals surface area contributed by atoms with Crippen LogP contribution in [0.2, 0.25) is 5.02 Å². The van der Waals surface area contributed by atoms with Crippen molar-refractivity contribution in [1.82, 2.24) is 20.4 Å². The highest BCUT2D eigenvalue weighted by Gasteiger charge is 2.23. The summed E-state index contributed by atoms with van der Waals surface area (Å²) in [5.41, 5.74) is 8.57. The summed E-state index contributed by atoms with van der Waals surface area (Å²) in [7, 11) is 0. The van der Waals surface area contributed by atoms with Gasteiger partial charge in [-0.05, 0) is 29.3 Å². The van der Waals surface area contributed by atoms with E-state index in [0.29, 0.717) is 31.2 Å². The van der Waals surface area contributed by atoms with Crippen molar-refractivity contribution in [2.24, 2.45) is 0 Å². The van der Waals surface area contributed by atoms with Gasteiger partial charge in [0.05, 0.1) is 36.2 Å². The molecule has 3 aromatic rings. The molecule has 0 amide bonds. The average Bonchev–Trinajstić information content (AvgIpc) is 3.12.